The Hall–Kier alpha value is 1.22. The lowest BCUT2D eigenvalue weighted by molar-refractivity contribution is 0.936. The van der Waals surface area contributed by atoms with E-state index >= 15 is 0 Å². The smallest absolute Gasteiger partial charge is 0.0918 e. The van der Waals surface area contributed by atoms with Crippen LogP contribution in [0, 0.1) is 0 Å². The summed E-state index contributed by atoms with van der Waals surface area (Å²) < 4.78 is 24.2. The summed E-state index contributed by atoms with van der Waals surface area (Å²) in [5.74, 6) is 0. The van der Waals surface area contributed by atoms with E-state index in [-0.39, 0.29) is 8.87 Å². The van der Waals surface area contributed by atoms with Crippen LogP contribution in [0.5, 0.6) is 0 Å². The van der Waals surface area contributed by atoms with Crippen LogP contribution in [-0.4, -0.2) is 2.56 Å². The van der Waals surface area contributed by atoms with Crippen LogP contribution in [0.15, 0.2) is 0 Å². The van der Waals surface area contributed by atoms with Gasteiger partial charge in [0, 0.05) is 0 Å². The van der Waals surface area contributed by atoms with Crippen molar-refractivity contribution >= 4 is 25.4 Å². The highest BCUT2D eigenvalue weighted by atomic mass is 32.4. The van der Waals surface area contributed by atoms with E-state index in [2.05, 4.69) is 0 Å². The molecule has 0 aliphatic carbocycles. The quantitative estimate of drug-likeness (QED) is 0.487. The Bertz CT molecular complexity index is 28.0. The van der Waals surface area contributed by atoms with Crippen LogP contribution < -0.4 is 0 Å². The minimum absolute atomic E-state index is 0.250. The van der Waals surface area contributed by atoms with Crippen molar-refractivity contribution in [2.45, 2.75) is 0 Å². The average Bonchev–Trinajstić information content (AvgIpc) is 1.65. The van der Waals surface area contributed by atoms with E-state index in [1.54, 1.807) is 0 Å². The van der Waals surface area contributed by atoms with Crippen LogP contribution >= 0.6 is 25.4 Å². The Labute approximate surface area is 33.2 Å². The first-order chi connectivity index (χ1) is 2.81. The van der Waals surface area contributed by atoms with Gasteiger partial charge in [-0.25, -0.2) is 4.20 Å². The molecule has 0 aromatic heterocycles. The Balaban J connectivity index is 2.75. The maximum atomic E-state index is 11.1. The van der Waals surface area contributed by atoms with E-state index < -0.39 is 16.5 Å². The summed E-state index contributed by atoms with van der Waals surface area (Å²) in [5.41, 5.74) is 0. The van der Waals surface area contributed by atoms with Gasteiger partial charge in [0.15, 0.2) is 0 Å². The number of hydrogen-bond acceptors (Lipinski definition) is 0. The normalized spacial score (nSPS) is 28.2. The summed E-state index contributed by atoms with van der Waals surface area (Å²) >= 11 is 0. The molecule has 0 saturated carbocycles. The standard InChI is InChI=1S/FH4P3/c1-3-4-2/h3-4H,2H2/i2T,4D. The second-order valence-corrected chi connectivity index (χ2v) is 3.78. The Morgan fingerprint density at radius 1 is 2.75 bits per heavy atom. The van der Waals surface area contributed by atoms with E-state index in [1.165, 1.54) is 0 Å². The van der Waals surface area contributed by atoms with E-state index in [4.69, 9.17) is 2.56 Å². The molecule has 0 aliphatic rings. The highest BCUT2D eigenvalue weighted by molar-refractivity contribution is 8.37. The largest absolute Gasteiger partial charge is 0.226 e. The van der Waals surface area contributed by atoms with Crippen LogP contribution in [0.4, 0.5) is 4.20 Å². The van der Waals surface area contributed by atoms with Crippen molar-refractivity contribution in [3.63, 3.8) is 0 Å². The zero-order valence-electron chi connectivity index (χ0n) is 3.83. The molecule has 4 heteroatoms. The van der Waals surface area contributed by atoms with Gasteiger partial charge >= 0.3 is 0 Å². The molecule has 3 atom stereocenters. The Morgan fingerprint density at radius 2 is 3.50 bits per heavy atom. The molecule has 0 aromatic rings. The molecule has 0 saturated heterocycles. The molecule has 0 fully saturated rings. The third-order valence-corrected chi connectivity index (χ3v) is 1.14. The molecule has 0 bridgehead atoms. The van der Waals surface area contributed by atoms with Gasteiger partial charge in [0.2, 0.25) is 0 Å². The fraction of sp³-hybridized carbons (Fsp3) is 0. The highest BCUT2D eigenvalue weighted by Crippen LogP contribution is 2.43. The maximum absolute atomic E-state index is 11.1. The second kappa shape index (κ2) is 4.22. The summed E-state index contributed by atoms with van der Waals surface area (Å²) in [6.07, 6.45) is 0. The predicted molar refractivity (Wildman–Crippen MR) is 27.4 cm³/mol. The maximum Gasteiger partial charge on any atom is 0.0918 e. The van der Waals surface area contributed by atoms with Crippen LogP contribution in [0.1, 0.15) is 0 Å². The molecular weight excluding hydrogens is 112 g/mol. The average molecular weight is 119 g/mol. The van der Waals surface area contributed by atoms with Crippen molar-refractivity contribution in [2.24, 2.45) is 0 Å². The van der Waals surface area contributed by atoms with Gasteiger partial charge in [-0.15, -0.1) is 8.87 Å². The molecule has 0 radical (unpaired) electrons. The Kier molecular flexibility index (Phi) is 2.53. The van der Waals surface area contributed by atoms with Crippen molar-refractivity contribution in [1.29, 1.82) is 2.56 Å². The van der Waals surface area contributed by atoms with Gasteiger partial charge < -0.3 is 0 Å². The minimum Gasteiger partial charge on any atom is -0.226 e. The van der Waals surface area contributed by atoms with Crippen molar-refractivity contribution in [1.82, 2.24) is 0 Å². The van der Waals surface area contributed by atoms with Crippen LogP contribution in [0.3, 0.4) is 0 Å². The molecule has 0 amide bonds. The lowest BCUT2D eigenvalue weighted by Crippen LogP contribution is -0.836. The zero-order chi connectivity index (χ0) is 4.99. The van der Waals surface area contributed by atoms with E-state index in [0.29, 0.717) is 0 Å². The summed E-state index contributed by atoms with van der Waals surface area (Å²) in [7, 11) is -2.33. The summed E-state index contributed by atoms with van der Waals surface area (Å²) in [5, 5.41) is 0. The number of rotatable bonds is 2. The first kappa shape index (κ1) is 2.40. The summed E-state index contributed by atoms with van der Waals surface area (Å²) in [4.78, 5) is 0. The highest BCUT2D eigenvalue weighted by Gasteiger charge is 1.59. The van der Waals surface area contributed by atoms with Crippen molar-refractivity contribution in [3.05, 3.63) is 0 Å². The SMILES string of the molecule is [2H]P(P[3H])PF. The third kappa shape index (κ3) is 3.22. The molecule has 0 aliphatic heterocycles. The van der Waals surface area contributed by atoms with E-state index in [1.807, 2.05) is 0 Å². The number of halogens is 1. The molecule has 0 nitrogen and oxygen atoms in total. The monoisotopic (exact) mass is 119 g/mol. The summed E-state index contributed by atoms with van der Waals surface area (Å²) in [6, 6.07) is 0. The first-order valence-corrected chi connectivity index (χ1v) is 4.59. The van der Waals surface area contributed by atoms with Gasteiger partial charge in [-0.3, -0.25) is 0 Å². The molecule has 26 valence electrons. The van der Waals surface area contributed by atoms with Gasteiger partial charge in [-0.1, -0.05) is 0 Å². The van der Waals surface area contributed by atoms with Crippen molar-refractivity contribution < 1.29 is 4.20 Å². The summed E-state index contributed by atoms with van der Waals surface area (Å²) in [6.45, 7) is 0. The molecule has 0 aromatic carbocycles. The van der Waals surface area contributed by atoms with Gasteiger partial charge in [0.05, 0.1) is 11.1 Å². The number of hydrogen-bond donors (Lipinski definition) is 0. The molecule has 3 unspecified atom stereocenters. The fourth-order valence-corrected chi connectivity index (χ4v) is 0. The fourth-order valence-electron chi connectivity index (χ4n) is 0. The minimum atomic E-state index is -1.27. The van der Waals surface area contributed by atoms with Crippen LogP contribution in [-0.2, 0) is 0 Å². The van der Waals surface area contributed by atoms with Crippen molar-refractivity contribution in [2.75, 3.05) is 0 Å². The van der Waals surface area contributed by atoms with E-state index in [0.717, 1.165) is 0 Å². The molecular formula is H4FP3. The lowest BCUT2D eigenvalue weighted by Gasteiger charge is -1.65. The predicted octanol–water partition coefficient (Wildman–Crippen LogP) is 1.93. The first-order valence-electron chi connectivity index (χ1n) is 1.58. The van der Waals surface area contributed by atoms with Gasteiger partial charge in [-0.05, 0) is 7.90 Å². The third-order valence-electron chi connectivity index (χ3n) is 0.0423. The molecule has 0 N–H and O–H groups in total. The van der Waals surface area contributed by atoms with Crippen LogP contribution in [0.25, 0.3) is 0 Å². The molecule has 0 rings (SSSR count). The van der Waals surface area contributed by atoms with Gasteiger partial charge in [-0.2, -0.15) is 0 Å². The topological polar surface area (TPSA) is 0 Å². The zero-order valence-corrected chi connectivity index (χ0v) is 4.72. The molecule has 4 heavy (non-hydrogen) atoms. The van der Waals surface area contributed by atoms with E-state index in [9.17, 15) is 4.20 Å². The molecule has 0 heterocycles. The Morgan fingerprint density at radius 3 is 3.50 bits per heavy atom. The molecule has 0 spiro atoms. The lowest BCUT2D eigenvalue weighted by atomic mass is 18.9. The van der Waals surface area contributed by atoms with Crippen LogP contribution in [0.2, 0.25) is 0 Å². The van der Waals surface area contributed by atoms with Crippen molar-refractivity contribution in [3.8, 4) is 0 Å². The van der Waals surface area contributed by atoms with Gasteiger partial charge in [0.1, 0.15) is 0 Å². The van der Waals surface area contributed by atoms with Gasteiger partial charge in [0.25, 0.3) is 0 Å². The second-order valence-electron chi connectivity index (χ2n) is 0.196.